The van der Waals surface area contributed by atoms with Crippen molar-refractivity contribution in [3.63, 3.8) is 0 Å². The second-order valence-corrected chi connectivity index (χ2v) is 8.08. The maximum absolute atomic E-state index is 11.7. The van der Waals surface area contributed by atoms with E-state index in [1.54, 1.807) is 7.11 Å². The van der Waals surface area contributed by atoms with Crippen molar-refractivity contribution in [1.82, 2.24) is 10.6 Å². The summed E-state index contributed by atoms with van der Waals surface area (Å²) in [7, 11) is 1.68. The quantitative estimate of drug-likeness (QED) is 0.394. The van der Waals surface area contributed by atoms with Gasteiger partial charge >= 0.3 is 6.09 Å². The van der Waals surface area contributed by atoms with Gasteiger partial charge in [-0.3, -0.25) is 0 Å². The minimum Gasteiger partial charge on any atom is -0.495 e. The number of rotatable bonds is 11. The fourth-order valence-corrected chi connectivity index (χ4v) is 4.19. The van der Waals surface area contributed by atoms with Crippen molar-refractivity contribution in [2.24, 2.45) is 0 Å². The Morgan fingerprint density at radius 3 is 2.54 bits per heavy atom. The Bertz CT molecular complexity index is 742. The molecule has 2 aromatic rings. The van der Waals surface area contributed by atoms with Gasteiger partial charge < -0.3 is 20.1 Å². The minimum absolute atomic E-state index is 0.297. The Morgan fingerprint density at radius 1 is 1.04 bits per heavy atom. The molecule has 0 aliphatic heterocycles. The molecule has 0 saturated heterocycles. The molecule has 0 radical (unpaired) electrons. The van der Waals surface area contributed by atoms with E-state index in [1.165, 1.54) is 0 Å². The number of halogens is 2. The van der Waals surface area contributed by atoms with Gasteiger partial charge in [-0.15, -0.1) is 0 Å². The number of hydrogen-bond donors (Lipinski definition) is 2. The van der Waals surface area contributed by atoms with Crippen LogP contribution in [0.3, 0.4) is 0 Å². The van der Waals surface area contributed by atoms with Crippen molar-refractivity contribution in [2.45, 2.75) is 32.4 Å². The van der Waals surface area contributed by atoms with E-state index in [2.05, 4.69) is 48.6 Å². The molecule has 0 fully saturated rings. The van der Waals surface area contributed by atoms with E-state index < -0.39 is 0 Å². The normalized spacial score (nSPS) is 10.5. The molecule has 7 heteroatoms. The van der Waals surface area contributed by atoms with Crippen LogP contribution in [0.5, 0.6) is 5.75 Å². The van der Waals surface area contributed by atoms with Crippen LogP contribution >= 0.6 is 31.9 Å². The lowest BCUT2D eigenvalue weighted by molar-refractivity contribution is 0.139. The van der Waals surface area contributed by atoms with Crippen LogP contribution in [0.2, 0.25) is 0 Å². The predicted molar refractivity (Wildman–Crippen MR) is 119 cm³/mol. The lowest BCUT2D eigenvalue weighted by Crippen LogP contribution is -2.25. The van der Waals surface area contributed by atoms with Crippen molar-refractivity contribution < 1.29 is 14.3 Å². The summed E-state index contributed by atoms with van der Waals surface area (Å²) >= 11 is 7.02. The smallest absolute Gasteiger partial charge is 0.407 e. The van der Waals surface area contributed by atoms with Crippen molar-refractivity contribution in [1.29, 1.82) is 0 Å². The van der Waals surface area contributed by atoms with Gasteiger partial charge in [-0.2, -0.15) is 0 Å². The number of ether oxygens (including phenoxy) is 2. The molecule has 5 nitrogen and oxygen atoms in total. The Kier molecular flexibility index (Phi) is 10.4. The minimum atomic E-state index is -0.366. The van der Waals surface area contributed by atoms with E-state index in [-0.39, 0.29) is 6.09 Å². The van der Waals surface area contributed by atoms with Crippen LogP contribution < -0.4 is 15.4 Å². The first-order valence-corrected chi connectivity index (χ1v) is 10.9. The molecule has 0 aliphatic rings. The molecule has 2 aromatic carbocycles. The molecule has 0 aliphatic carbocycles. The van der Waals surface area contributed by atoms with Crippen LogP contribution in [0.1, 0.15) is 30.4 Å². The average molecular weight is 514 g/mol. The van der Waals surface area contributed by atoms with Gasteiger partial charge in [0.15, 0.2) is 0 Å². The van der Waals surface area contributed by atoms with Crippen molar-refractivity contribution in [2.75, 3.05) is 20.2 Å². The lowest BCUT2D eigenvalue weighted by atomic mass is 10.2. The largest absolute Gasteiger partial charge is 0.495 e. The fourth-order valence-electron chi connectivity index (χ4n) is 2.71. The highest BCUT2D eigenvalue weighted by Crippen LogP contribution is 2.32. The van der Waals surface area contributed by atoms with Crippen molar-refractivity contribution >= 4 is 38.0 Å². The maximum Gasteiger partial charge on any atom is 0.407 e. The molecule has 28 heavy (non-hydrogen) atoms. The molecule has 0 unspecified atom stereocenters. The molecule has 2 rings (SSSR count). The molecule has 0 heterocycles. The summed E-state index contributed by atoms with van der Waals surface area (Å²) in [6.07, 6.45) is 2.63. The second kappa shape index (κ2) is 12.8. The summed E-state index contributed by atoms with van der Waals surface area (Å²) in [5.41, 5.74) is 2.09. The lowest BCUT2D eigenvalue weighted by Gasteiger charge is -2.12. The highest BCUT2D eigenvalue weighted by molar-refractivity contribution is 9.11. The summed E-state index contributed by atoms with van der Waals surface area (Å²) in [6.45, 7) is 2.57. The molecular formula is C21H26Br2N2O3. The SMILES string of the molecule is COc1c(Br)cc(Br)cc1CNCCCCCNC(=O)OCc1ccccc1. The van der Waals surface area contributed by atoms with Crippen LogP contribution in [-0.2, 0) is 17.9 Å². The van der Waals surface area contributed by atoms with E-state index in [4.69, 9.17) is 9.47 Å². The molecule has 0 aromatic heterocycles. The highest BCUT2D eigenvalue weighted by atomic mass is 79.9. The predicted octanol–water partition coefficient (Wildman–Crippen LogP) is 5.41. The zero-order chi connectivity index (χ0) is 20.2. The van der Waals surface area contributed by atoms with Crippen LogP contribution in [0.25, 0.3) is 0 Å². The number of methoxy groups -OCH3 is 1. The van der Waals surface area contributed by atoms with Gasteiger partial charge in [-0.1, -0.05) is 52.7 Å². The fraction of sp³-hybridized carbons (Fsp3) is 0.381. The number of amides is 1. The van der Waals surface area contributed by atoms with E-state index in [9.17, 15) is 4.79 Å². The van der Waals surface area contributed by atoms with Gasteiger partial charge in [-0.05, 0) is 53.0 Å². The molecule has 1 amide bonds. The van der Waals surface area contributed by atoms with E-state index in [0.29, 0.717) is 13.2 Å². The Hall–Kier alpha value is -1.57. The third kappa shape index (κ3) is 8.20. The zero-order valence-electron chi connectivity index (χ0n) is 16.0. The Balaban J connectivity index is 1.52. The first-order valence-electron chi connectivity index (χ1n) is 9.27. The van der Waals surface area contributed by atoms with Gasteiger partial charge in [0.2, 0.25) is 0 Å². The summed E-state index contributed by atoms with van der Waals surface area (Å²) in [5, 5.41) is 6.22. The van der Waals surface area contributed by atoms with Crippen molar-refractivity contribution in [3.8, 4) is 5.75 Å². The van der Waals surface area contributed by atoms with Gasteiger partial charge in [0.05, 0.1) is 11.6 Å². The first kappa shape index (κ1) is 22.7. The van der Waals surface area contributed by atoms with Crippen molar-refractivity contribution in [3.05, 3.63) is 62.5 Å². The summed E-state index contributed by atoms with van der Waals surface area (Å²) < 4.78 is 12.6. The first-order chi connectivity index (χ1) is 13.6. The number of carbonyl (C=O) groups excluding carboxylic acids is 1. The van der Waals surface area contributed by atoms with E-state index in [1.807, 2.05) is 36.4 Å². The number of nitrogens with one attached hydrogen (secondary N) is 2. The monoisotopic (exact) mass is 512 g/mol. The van der Waals surface area contributed by atoms with Crippen LogP contribution in [-0.4, -0.2) is 26.3 Å². The Labute approximate surface area is 183 Å². The van der Waals surface area contributed by atoms with Gasteiger partial charge in [-0.25, -0.2) is 4.79 Å². The number of alkyl carbamates (subject to hydrolysis) is 1. The summed E-state index contributed by atoms with van der Waals surface area (Å²) in [6, 6.07) is 13.7. The molecule has 152 valence electrons. The van der Waals surface area contributed by atoms with Gasteiger partial charge in [0.25, 0.3) is 0 Å². The molecule has 0 saturated carbocycles. The number of carbonyl (C=O) groups is 1. The summed E-state index contributed by atoms with van der Waals surface area (Å²) in [5.74, 6) is 0.855. The van der Waals surface area contributed by atoms with E-state index in [0.717, 1.165) is 58.2 Å². The third-order valence-electron chi connectivity index (χ3n) is 4.12. The zero-order valence-corrected chi connectivity index (χ0v) is 19.1. The third-order valence-corrected chi connectivity index (χ3v) is 5.16. The van der Waals surface area contributed by atoms with Crippen LogP contribution in [0, 0.1) is 0 Å². The molecule has 2 N–H and O–H groups in total. The Morgan fingerprint density at radius 2 is 1.79 bits per heavy atom. The molecular weight excluding hydrogens is 488 g/mol. The average Bonchev–Trinajstić information content (AvgIpc) is 2.69. The van der Waals surface area contributed by atoms with Crippen LogP contribution in [0.4, 0.5) is 4.79 Å². The number of benzene rings is 2. The number of hydrogen-bond acceptors (Lipinski definition) is 4. The van der Waals surface area contributed by atoms with Gasteiger partial charge in [0.1, 0.15) is 12.4 Å². The maximum atomic E-state index is 11.7. The number of unbranched alkanes of at least 4 members (excludes halogenated alkanes) is 2. The molecule has 0 spiro atoms. The molecule has 0 atom stereocenters. The second-order valence-electron chi connectivity index (χ2n) is 6.31. The summed E-state index contributed by atoms with van der Waals surface area (Å²) in [4.78, 5) is 11.7. The van der Waals surface area contributed by atoms with Gasteiger partial charge in [0, 0.05) is 23.1 Å². The van der Waals surface area contributed by atoms with Crippen LogP contribution in [0.15, 0.2) is 51.4 Å². The highest BCUT2D eigenvalue weighted by Gasteiger charge is 2.08. The topological polar surface area (TPSA) is 59.6 Å². The molecule has 0 bridgehead atoms. The van der Waals surface area contributed by atoms with E-state index >= 15 is 0 Å². The standard InChI is InChI=1S/C21H26Br2N2O3/c1-27-20-17(12-18(22)13-19(20)23)14-24-10-6-3-7-11-25-21(26)28-15-16-8-4-2-5-9-16/h2,4-5,8-9,12-13,24H,3,6-7,10-11,14-15H2,1H3,(H,25,26).